The standard InChI is InChI=1S/C8H15BrO2/c9-4-2-6-11-8-3-1-5-10-7-8/h8H,1-7H2. The Balaban J connectivity index is 1.96. The first-order chi connectivity index (χ1) is 5.43. The fourth-order valence-electron chi connectivity index (χ4n) is 1.15. The minimum absolute atomic E-state index is 0.364. The van der Waals surface area contributed by atoms with Crippen LogP contribution >= 0.6 is 15.9 Å². The molecule has 1 aliphatic heterocycles. The lowest BCUT2D eigenvalue weighted by molar-refractivity contribution is -0.0493. The number of hydrogen-bond acceptors (Lipinski definition) is 2. The van der Waals surface area contributed by atoms with Crippen LogP contribution in [0.1, 0.15) is 19.3 Å². The lowest BCUT2D eigenvalue weighted by atomic mass is 10.2. The first kappa shape index (κ1) is 9.49. The van der Waals surface area contributed by atoms with Crippen LogP contribution in [0.5, 0.6) is 0 Å². The molecule has 0 bridgehead atoms. The molecule has 0 aromatic heterocycles. The van der Waals surface area contributed by atoms with Crippen LogP contribution in [0.25, 0.3) is 0 Å². The Morgan fingerprint density at radius 1 is 1.55 bits per heavy atom. The summed E-state index contributed by atoms with van der Waals surface area (Å²) < 4.78 is 10.8. The van der Waals surface area contributed by atoms with E-state index >= 15 is 0 Å². The number of ether oxygens (including phenoxy) is 2. The summed E-state index contributed by atoms with van der Waals surface area (Å²) in [6.45, 7) is 2.57. The number of alkyl halides is 1. The van der Waals surface area contributed by atoms with Crippen LogP contribution in [0.3, 0.4) is 0 Å². The molecule has 0 aromatic rings. The van der Waals surface area contributed by atoms with Crippen molar-refractivity contribution in [2.75, 3.05) is 25.2 Å². The minimum atomic E-state index is 0.364. The highest BCUT2D eigenvalue weighted by Crippen LogP contribution is 2.09. The van der Waals surface area contributed by atoms with Crippen molar-refractivity contribution in [2.24, 2.45) is 0 Å². The molecule has 0 amide bonds. The van der Waals surface area contributed by atoms with Crippen molar-refractivity contribution in [1.29, 1.82) is 0 Å². The summed E-state index contributed by atoms with van der Waals surface area (Å²) >= 11 is 3.36. The topological polar surface area (TPSA) is 18.5 Å². The van der Waals surface area contributed by atoms with E-state index < -0.39 is 0 Å². The van der Waals surface area contributed by atoms with Gasteiger partial charge in [0.1, 0.15) is 0 Å². The molecule has 0 saturated carbocycles. The maximum absolute atomic E-state index is 5.57. The summed E-state index contributed by atoms with van der Waals surface area (Å²) in [4.78, 5) is 0. The Morgan fingerprint density at radius 3 is 3.09 bits per heavy atom. The molecule has 1 unspecified atom stereocenters. The zero-order valence-corrected chi connectivity index (χ0v) is 8.31. The van der Waals surface area contributed by atoms with Crippen LogP contribution in [-0.2, 0) is 9.47 Å². The Labute approximate surface area is 76.4 Å². The van der Waals surface area contributed by atoms with Gasteiger partial charge < -0.3 is 9.47 Å². The monoisotopic (exact) mass is 222 g/mol. The van der Waals surface area contributed by atoms with Crippen LogP contribution in [0, 0.1) is 0 Å². The van der Waals surface area contributed by atoms with Gasteiger partial charge in [0.15, 0.2) is 0 Å². The SMILES string of the molecule is BrCCCOC1CCCOC1. The van der Waals surface area contributed by atoms with Crippen LogP contribution in [0.15, 0.2) is 0 Å². The van der Waals surface area contributed by atoms with E-state index in [0.717, 1.165) is 38.0 Å². The van der Waals surface area contributed by atoms with E-state index in [1.807, 2.05) is 0 Å². The second-order valence-corrected chi connectivity index (χ2v) is 3.55. The first-order valence-corrected chi connectivity index (χ1v) is 5.31. The van der Waals surface area contributed by atoms with Gasteiger partial charge in [0, 0.05) is 18.5 Å². The molecule has 0 aromatic carbocycles. The summed E-state index contributed by atoms with van der Waals surface area (Å²) in [5, 5.41) is 1.03. The molecule has 0 N–H and O–H groups in total. The Morgan fingerprint density at radius 2 is 2.45 bits per heavy atom. The third-order valence-electron chi connectivity index (χ3n) is 1.75. The fraction of sp³-hybridized carbons (Fsp3) is 1.00. The summed E-state index contributed by atoms with van der Waals surface area (Å²) in [5.41, 5.74) is 0. The lowest BCUT2D eigenvalue weighted by Gasteiger charge is -2.22. The first-order valence-electron chi connectivity index (χ1n) is 4.19. The molecular formula is C8H15BrO2. The smallest absolute Gasteiger partial charge is 0.0809 e. The van der Waals surface area contributed by atoms with Gasteiger partial charge in [-0.3, -0.25) is 0 Å². The molecule has 0 aliphatic carbocycles. The predicted octanol–water partition coefficient (Wildman–Crippen LogP) is 1.97. The van der Waals surface area contributed by atoms with Gasteiger partial charge in [0.25, 0.3) is 0 Å². The quantitative estimate of drug-likeness (QED) is 0.535. The van der Waals surface area contributed by atoms with Gasteiger partial charge in [-0.1, -0.05) is 15.9 Å². The van der Waals surface area contributed by atoms with Crippen molar-refractivity contribution in [1.82, 2.24) is 0 Å². The normalized spacial score (nSPS) is 25.4. The van der Waals surface area contributed by atoms with Gasteiger partial charge >= 0.3 is 0 Å². The average Bonchev–Trinajstić information content (AvgIpc) is 2.07. The summed E-state index contributed by atoms with van der Waals surface area (Å²) in [5.74, 6) is 0. The average molecular weight is 223 g/mol. The van der Waals surface area contributed by atoms with E-state index in [9.17, 15) is 0 Å². The highest BCUT2D eigenvalue weighted by atomic mass is 79.9. The zero-order chi connectivity index (χ0) is 7.94. The molecule has 1 atom stereocenters. The number of hydrogen-bond donors (Lipinski definition) is 0. The van der Waals surface area contributed by atoms with Crippen LogP contribution in [0.2, 0.25) is 0 Å². The molecule has 11 heavy (non-hydrogen) atoms. The van der Waals surface area contributed by atoms with E-state index in [1.165, 1.54) is 6.42 Å². The van der Waals surface area contributed by atoms with Gasteiger partial charge in [-0.05, 0) is 19.3 Å². The molecule has 2 nitrogen and oxygen atoms in total. The largest absolute Gasteiger partial charge is 0.379 e. The van der Waals surface area contributed by atoms with Crippen molar-refractivity contribution in [3.8, 4) is 0 Å². The van der Waals surface area contributed by atoms with Crippen LogP contribution in [-0.4, -0.2) is 31.3 Å². The van der Waals surface area contributed by atoms with E-state index in [4.69, 9.17) is 9.47 Å². The van der Waals surface area contributed by atoms with Crippen molar-refractivity contribution < 1.29 is 9.47 Å². The molecule has 66 valence electrons. The third-order valence-corrected chi connectivity index (χ3v) is 2.31. The second-order valence-electron chi connectivity index (χ2n) is 2.75. The second kappa shape index (κ2) is 5.98. The molecule has 0 radical (unpaired) electrons. The Hall–Kier alpha value is 0.400. The highest BCUT2D eigenvalue weighted by molar-refractivity contribution is 9.09. The van der Waals surface area contributed by atoms with Crippen LogP contribution in [0.4, 0.5) is 0 Å². The summed E-state index contributed by atoms with van der Waals surface area (Å²) in [6.07, 6.45) is 3.78. The summed E-state index contributed by atoms with van der Waals surface area (Å²) in [6, 6.07) is 0. The van der Waals surface area contributed by atoms with Crippen molar-refractivity contribution in [3.63, 3.8) is 0 Å². The summed E-state index contributed by atoms with van der Waals surface area (Å²) in [7, 11) is 0. The van der Waals surface area contributed by atoms with Gasteiger partial charge in [-0.2, -0.15) is 0 Å². The number of rotatable bonds is 4. The minimum Gasteiger partial charge on any atom is -0.379 e. The van der Waals surface area contributed by atoms with Gasteiger partial charge in [0.05, 0.1) is 12.7 Å². The van der Waals surface area contributed by atoms with Crippen LogP contribution < -0.4 is 0 Å². The van der Waals surface area contributed by atoms with E-state index in [-0.39, 0.29) is 0 Å². The van der Waals surface area contributed by atoms with Gasteiger partial charge in [-0.25, -0.2) is 0 Å². The van der Waals surface area contributed by atoms with Gasteiger partial charge in [-0.15, -0.1) is 0 Å². The molecular weight excluding hydrogens is 208 g/mol. The lowest BCUT2D eigenvalue weighted by Crippen LogP contribution is -2.25. The molecule has 1 aliphatic rings. The van der Waals surface area contributed by atoms with Crippen molar-refractivity contribution >= 4 is 15.9 Å². The maximum atomic E-state index is 5.57. The maximum Gasteiger partial charge on any atom is 0.0809 e. The fourth-order valence-corrected chi connectivity index (χ4v) is 1.38. The van der Waals surface area contributed by atoms with Gasteiger partial charge in [0.2, 0.25) is 0 Å². The molecule has 3 heteroatoms. The number of halogens is 1. The van der Waals surface area contributed by atoms with E-state index in [1.54, 1.807) is 0 Å². The predicted molar refractivity (Wildman–Crippen MR) is 48.2 cm³/mol. The molecule has 1 fully saturated rings. The zero-order valence-electron chi connectivity index (χ0n) is 6.72. The Bertz CT molecular complexity index is 92.1. The Kier molecular flexibility index (Phi) is 5.15. The molecule has 1 saturated heterocycles. The van der Waals surface area contributed by atoms with Crippen molar-refractivity contribution in [3.05, 3.63) is 0 Å². The van der Waals surface area contributed by atoms with E-state index in [0.29, 0.717) is 6.10 Å². The molecule has 1 heterocycles. The highest BCUT2D eigenvalue weighted by Gasteiger charge is 2.13. The molecule has 0 spiro atoms. The third kappa shape index (κ3) is 4.09. The molecule has 1 rings (SSSR count). The van der Waals surface area contributed by atoms with Crippen molar-refractivity contribution in [2.45, 2.75) is 25.4 Å². The van der Waals surface area contributed by atoms with E-state index in [2.05, 4.69) is 15.9 Å².